The Labute approximate surface area is 170 Å². The zero-order chi connectivity index (χ0) is 16.9. The minimum atomic E-state index is -4.39. The van der Waals surface area contributed by atoms with Gasteiger partial charge >= 0.3 is 29.6 Å². The number of primary amides is 1. The van der Waals surface area contributed by atoms with Gasteiger partial charge in [-0.3, -0.25) is 4.79 Å². The Kier molecular flexibility index (Phi) is 9.64. The first-order valence-electron chi connectivity index (χ1n) is 5.43. The topological polar surface area (TPSA) is 113 Å². The van der Waals surface area contributed by atoms with Gasteiger partial charge in [-0.2, -0.15) is 0 Å². The van der Waals surface area contributed by atoms with Crippen LogP contribution in [-0.4, -0.2) is 23.9 Å². The molecule has 2 rings (SSSR count). The smallest absolute Gasteiger partial charge is 0.744 e. The molecule has 0 bridgehead atoms. The fraction of sp³-hybridized carbons (Fsp3) is 0. The Hall–Kier alpha value is -0.380. The predicted octanol–water partition coefficient (Wildman–Crippen LogP) is -0.265. The molecule has 1 amide bonds. The number of nitrogens with zero attached hydrogens (tertiary/aromatic N) is 1. The zero-order valence-electron chi connectivity index (χ0n) is 11.7. The van der Waals surface area contributed by atoms with E-state index in [2.05, 4.69) is 4.98 Å². The predicted molar refractivity (Wildman–Crippen MR) is 82.2 cm³/mol. The molecule has 2 N–H and O–H groups in total. The first-order chi connectivity index (χ1) is 10.1. The summed E-state index contributed by atoms with van der Waals surface area (Å²) < 4.78 is 30.9. The normalized spacial score (nSPS) is 10.1. The molecule has 0 saturated carbocycles. The first-order valence-corrected chi connectivity index (χ1v) is 7.98. The quantitative estimate of drug-likeness (QED) is 0.420. The van der Waals surface area contributed by atoms with Gasteiger partial charge in [0.25, 0.3) is 0 Å². The number of halogens is 3. The van der Waals surface area contributed by atoms with E-state index in [1.807, 2.05) is 0 Å². The average molecular weight is 406 g/mol. The number of benzene rings is 1. The van der Waals surface area contributed by atoms with Crippen LogP contribution in [0.5, 0.6) is 0 Å². The molecule has 0 aliphatic heterocycles. The first kappa shape index (κ1) is 22.6. The standard InChI is InChI=1S/C7H5Cl2NO.C5H4ClNO3S.Na/c8-4-1-2-5(7(10)11)6(9)3-4;6-5-2-1-4(3-7-5)11(8,9)10;/h1-3H,(H2,10,11);1-3H,(H,8,9,10);/q;;+1/p-1. The number of hydrogen-bond acceptors (Lipinski definition) is 5. The van der Waals surface area contributed by atoms with Crippen molar-refractivity contribution in [1.82, 2.24) is 4.98 Å². The summed E-state index contributed by atoms with van der Waals surface area (Å²) in [6, 6.07) is 6.88. The van der Waals surface area contributed by atoms with Crippen LogP contribution in [0.4, 0.5) is 0 Å². The average Bonchev–Trinajstić information content (AvgIpc) is 2.38. The van der Waals surface area contributed by atoms with E-state index in [0.717, 1.165) is 12.3 Å². The van der Waals surface area contributed by atoms with Gasteiger partial charge in [-0.1, -0.05) is 34.8 Å². The molecule has 0 radical (unpaired) electrons. The summed E-state index contributed by atoms with van der Waals surface area (Å²) in [5, 5.41) is 0.919. The summed E-state index contributed by atoms with van der Waals surface area (Å²) in [7, 11) is -4.39. The van der Waals surface area contributed by atoms with E-state index < -0.39 is 16.0 Å². The second-order valence-electron chi connectivity index (χ2n) is 3.76. The molecule has 0 atom stereocenters. The van der Waals surface area contributed by atoms with Crippen LogP contribution >= 0.6 is 34.8 Å². The Morgan fingerprint density at radius 2 is 1.74 bits per heavy atom. The molecule has 0 spiro atoms. The number of amides is 1. The molecule has 0 aliphatic rings. The third-order valence-corrected chi connectivity index (χ3v) is 3.78. The number of carbonyl (C=O) groups is 1. The number of carbonyl (C=O) groups excluding carboxylic acids is 1. The van der Waals surface area contributed by atoms with Crippen LogP contribution in [0.25, 0.3) is 0 Å². The molecule has 1 aromatic carbocycles. The van der Waals surface area contributed by atoms with Crippen molar-refractivity contribution >= 4 is 50.8 Å². The van der Waals surface area contributed by atoms with Gasteiger partial charge in [0.2, 0.25) is 5.91 Å². The van der Waals surface area contributed by atoms with E-state index in [0.29, 0.717) is 5.02 Å². The maximum absolute atomic E-state index is 10.6. The zero-order valence-corrected chi connectivity index (χ0v) is 16.7. The van der Waals surface area contributed by atoms with Crippen molar-refractivity contribution in [3.05, 3.63) is 57.3 Å². The van der Waals surface area contributed by atoms with Gasteiger partial charge in [-0.15, -0.1) is 0 Å². The second kappa shape index (κ2) is 9.80. The van der Waals surface area contributed by atoms with E-state index in [9.17, 15) is 17.8 Å². The molecular weight excluding hydrogens is 398 g/mol. The van der Waals surface area contributed by atoms with E-state index >= 15 is 0 Å². The minimum absolute atomic E-state index is 0. The van der Waals surface area contributed by atoms with Crippen LogP contribution < -0.4 is 35.3 Å². The SMILES string of the molecule is NC(=O)c1ccc(Cl)cc1Cl.O=S(=O)([O-])c1ccc(Cl)nc1.[Na+]. The van der Waals surface area contributed by atoms with E-state index in [4.69, 9.17) is 40.5 Å². The summed E-state index contributed by atoms with van der Waals surface area (Å²) in [4.78, 5) is 13.7. The molecule has 2 aromatic rings. The third-order valence-electron chi connectivity index (χ3n) is 2.19. The van der Waals surface area contributed by atoms with Crippen LogP contribution in [0.15, 0.2) is 41.4 Å². The maximum Gasteiger partial charge on any atom is 1.00 e. The molecule has 1 aromatic heterocycles. The summed E-state index contributed by atoms with van der Waals surface area (Å²) in [5.74, 6) is -0.549. The summed E-state index contributed by atoms with van der Waals surface area (Å²) in [5.41, 5.74) is 5.29. The van der Waals surface area contributed by atoms with Gasteiger partial charge < -0.3 is 10.3 Å². The van der Waals surface area contributed by atoms with Crippen molar-refractivity contribution in [3.63, 3.8) is 0 Å². The largest absolute Gasteiger partial charge is 1.00 e. The van der Waals surface area contributed by atoms with Gasteiger partial charge in [-0.25, -0.2) is 13.4 Å². The molecule has 0 fully saturated rings. The molecule has 23 heavy (non-hydrogen) atoms. The number of nitrogens with two attached hydrogens (primary N) is 1. The van der Waals surface area contributed by atoms with Crippen LogP contribution in [-0.2, 0) is 10.1 Å². The van der Waals surface area contributed by atoms with Crippen LogP contribution in [0.2, 0.25) is 15.2 Å². The van der Waals surface area contributed by atoms with Crippen molar-refractivity contribution in [1.29, 1.82) is 0 Å². The maximum atomic E-state index is 10.6. The Morgan fingerprint density at radius 3 is 2.13 bits per heavy atom. The van der Waals surface area contributed by atoms with Gasteiger partial charge in [0.15, 0.2) is 0 Å². The number of aromatic nitrogens is 1. The summed E-state index contributed by atoms with van der Waals surface area (Å²) in [6.07, 6.45) is 0.921. The number of rotatable bonds is 2. The molecular formula is C12H8Cl3N2NaO4S. The molecule has 6 nitrogen and oxygen atoms in total. The molecule has 118 valence electrons. The fourth-order valence-electron chi connectivity index (χ4n) is 1.20. The minimum Gasteiger partial charge on any atom is -0.744 e. The molecule has 0 unspecified atom stereocenters. The van der Waals surface area contributed by atoms with Crippen LogP contribution in [0.3, 0.4) is 0 Å². The Morgan fingerprint density at radius 1 is 1.13 bits per heavy atom. The Balaban J connectivity index is 0.000000403. The van der Waals surface area contributed by atoms with Crippen molar-refractivity contribution in [2.75, 3.05) is 0 Å². The van der Waals surface area contributed by atoms with Crippen LogP contribution in [0, 0.1) is 0 Å². The Bertz CT molecular complexity index is 785. The van der Waals surface area contributed by atoms with Crippen molar-refractivity contribution < 1.29 is 47.3 Å². The molecule has 0 aliphatic carbocycles. The van der Waals surface area contributed by atoms with E-state index in [1.165, 1.54) is 18.2 Å². The molecule has 1 heterocycles. The van der Waals surface area contributed by atoms with E-state index in [1.54, 1.807) is 6.07 Å². The van der Waals surface area contributed by atoms with Crippen molar-refractivity contribution in [3.8, 4) is 0 Å². The summed E-state index contributed by atoms with van der Waals surface area (Å²) in [6.45, 7) is 0. The van der Waals surface area contributed by atoms with Crippen LogP contribution in [0.1, 0.15) is 10.4 Å². The summed E-state index contributed by atoms with van der Waals surface area (Å²) >= 11 is 16.6. The van der Waals surface area contributed by atoms with Gasteiger partial charge in [0.1, 0.15) is 15.3 Å². The van der Waals surface area contributed by atoms with Gasteiger partial charge in [0, 0.05) is 11.2 Å². The molecule has 0 saturated heterocycles. The number of pyridine rings is 1. The number of hydrogen-bond donors (Lipinski definition) is 1. The van der Waals surface area contributed by atoms with Gasteiger partial charge in [0.05, 0.1) is 15.5 Å². The van der Waals surface area contributed by atoms with Crippen molar-refractivity contribution in [2.45, 2.75) is 4.90 Å². The molecule has 11 heteroatoms. The fourth-order valence-corrected chi connectivity index (χ4v) is 2.23. The van der Waals surface area contributed by atoms with Crippen molar-refractivity contribution in [2.24, 2.45) is 5.73 Å². The third kappa shape index (κ3) is 7.82. The van der Waals surface area contributed by atoms with Gasteiger partial charge in [-0.05, 0) is 30.3 Å². The van der Waals surface area contributed by atoms with E-state index in [-0.39, 0.29) is 50.2 Å². The second-order valence-corrected chi connectivity index (χ2v) is 6.37. The monoisotopic (exact) mass is 404 g/mol.